The molecule has 1 aromatic rings. The monoisotopic (exact) mass is 330 g/mol. The Morgan fingerprint density at radius 2 is 1.96 bits per heavy atom. The number of anilines is 1. The first kappa shape index (κ1) is 19.0. The fourth-order valence-electron chi connectivity index (χ4n) is 2.13. The summed E-state index contributed by atoms with van der Waals surface area (Å²) in [4.78, 5) is 25.0. The number of alkyl halides is 3. The third kappa shape index (κ3) is 5.92. The van der Waals surface area contributed by atoms with Crippen LogP contribution >= 0.6 is 0 Å². The Labute approximate surface area is 133 Å². The van der Waals surface area contributed by atoms with Crippen molar-refractivity contribution in [3.63, 3.8) is 0 Å². The molecule has 0 radical (unpaired) electrons. The molecule has 7 heteroatoms. The van der Waals surface area contributed by atoms with Crippen LogP contribution in [0.2, 0.25) is 0 Å². The largest absolute Gasteiger partial charge is 0.416 e. The lowest BCUT2D eigenvalue weighted by Crippen LogP contribution is -2.38. The number of carbonyl (C=O) groups is 2. The van der Waals surface area contributed by atoms with Gasteiger partial charge in [-0.3, -0.25) is 9.59 Å². The maximum atomic E-state index is 12.6. The van der Waals surface area contributed by atoms with Crippen LogP contribution in [0.1, 0.15) is 39.2 Å². The Kier molecular flexibility index (Phi) is 6.60. The van der Waals surface area contributed by atoms with E-state index in [1.807, 2.05) is 13.8 Å². The van der Waals surface area contributed by atoms with Crippen LogP contribution < -0.4 is 5.32 Å². The van der Waals surface area contributed by atoms with Crippen molar-refractivity contribution in [3.05, 3.63) is 29.8 Å². The highest BCUT2D eigenvalue weighted by atomic mass is 19.4. The predicted octanol–water partition coefficient (Wildman–Crippen LogP) is 3.68. The number of nitrogens with zero attached hydrogens (tertiary/aromatic N) is 1. The molecule has 1 unspecified atom stereocenters. The standard InChI is InChI=1S/C16H21F3N2O2/c1-4-11(2)21(12(3)22)9-8-15(23)20-14-7-5-6-13(10-14)16(17,18)19/h5-7,10-11H,4,8-9H2,1-3H3,(H,20,23). The molecule has 1 rings (SSSR count). The zero-order valence-electron chi connectivity index (χ0n) is 13.4. The van der Waals surface area contributed by atoms with Gasteiger partial charge in [-0.05, 0) is 31.5 Å². The van der Waals surface area contributed by atoms with Crippen LogP contribution in [-0.2, 0) is 15.8 Å². The van der Waals surface area contributed by atoms with Gasteiger partial charge >= 0.3 is 6.18 Å². The molecule has 0 aliphatic rings. The Bertz CT molecular complexity index is 559. The molecule has 1 aromatic carbocycles. The second-order valence-electron chi connectivity index (χ2n) is 5.35. The Morgan fingerprint density at radius 1 is 1.30 bits per heavy atom. The number of rotatable bonds is 6. The van der Waals surface area contributed by atoms with Gasteiger partial charge in [0.2, 0.25) is 11.8 Å². The molecular weight excluding hydrogens is 309 g/mol. The summed E-state index contributed by atoms with van der Waals surface area (Å²) in [6, 6.07) is 4.46. The van der Waals surface area contributed by atoms with E-state index in [0.29, 0.717) is 0 Å². The van der Waals surface area contributed by atoms with Gasteiger partial charge in [0.1, 0.15) is 0 Å². The van der Waals surface area contributed by atoms with Crippen molar-refractivity contribution >= 4 is 17.5 Å². The number of carbonyl (C=O) groups excluding carboxylic acids is 2. The van der Waals surface area contributed by atoms with Crippen LogP contribution in [0.25, 0.3) is 0 Å². The van der Waals surface area contributed by atoms with E-state index in [4.69, 9.17) is 0 Å². The molecule has 0 bridgehead atoms. The number of benzene rings is 1. The molecule has 0 aliphatic carbocycles. The maximum Gasteiger partial charge on any atom is 0.416 e. The molecule has 0 aromatic heterocycles. The zero-order chi connectivity index (χ0) is 17.6. The van der Waals surface area contributed by atoms with Crippen molar-refractivity contribution in [2.75, 3.05) is 11.9 Å². The highest BCUT2D eigenvalue weighted by Gasteiger charge is 2.30. The summed E-state index contributed by atoms with van der Waals surface area (Å²) in [5.41, 5.74) is -0.733. The molecule has 1 atom stereocenters. The van der Waals surface area contributed by atoms with Gasteiger partial charge in [0, 0.05) is 31.6 Å². The molecule has 0 saturated heterocycles. The molecule has 0 aliphatic heterocycles. The topological polar surface area (TPSA) is 49.4 Å². The minimum atomic E-state index is -4.46. The lowest BCUT2D eigenvalue weighted by molar-refractivity contribution is -0.137. The normalized spacial score (nSPS) is 12.6. The van der Waals surface area contributed by atoms with Crippen molar-refractivity contribution in [2.45, 2.75) is 45.8 Å². The van der Waals surface area contributed by atoms with E-state index in [-0.39, 0.29) is 30.6 Å². The summed E-state index contributed by atoms with van der Waals surface area (Å²) in [5, 5.41) is 2.43. The molecular formula is C16H21F3N2O2. The first-order valence-corrected chi connectivity index (χ1v) is 7.39. The second kappa shape index (κ2) is 7.99. The van der Waals surface area contributed by atoms with Crippen LogP contribution in [-0.4, -0.2) is 29.3 Å². The van der Waals surface area contributed by atoms with Gasteiger partial charge in [-0.25, -0.2) is 0 Å². The van der Waals surface area contributed by atoms with Crippen molar-refractivity contribution < 1.29 is 22.8 Å². The third-order valence-corrected chi connectivity index (χ3v) is 3.58. The summed E-state index contributed by atoms with van der Waals surface area (Å²) >= 11 is 0. The molecule has 23 heavy (non-hydrogen) atoms. The quantitative estimate of drug-likeness (QED) is 0.865. The minimum Gasteiger partial charge on any atom is -0.340 e. The summed E-state index contributed by atoms with van der Waals surface area (Å²) in [6.07, 6.45) is -3.67. The van der Waals surface area contributed by atoms with Crippen molar-refractivity contribution in [1.82, 2.24) is 4.90 Å². The van der Waals surface area contributed by atoms with E-state index < -0.39 is 17.6 Å². The van der Waals surface area contributed by atoms with Gasteiger partial charge in [0.05, 0.1) is 5.56 Å². The number of nitrogens with one attached hydrogen (secondary N) is 1. The van der Waals surface area contributed by atoms with E-state index in [9.17, 15) is 22.8 Å². The lowest BCUT2D eigenvalue weighted by atomic mass is 10.2. The van der Waals surface area contributed by atoms with Gasteiger partial charge in [-0.1, -0.05) is 13.0 Å². The average Bonchev–Trinajstić information content (AvgIpc) is 2.46. The fraction of sp³-hybridized carbons (Fsp3) is 0.500. The number of hydrogen-bond acceptors (Lipinski definition) is 2. The molecule has 0 spiro atoms. The van der Waals surface area contributed by atoms with Crippen molar-refractivity contribution in [2.24, 2.45) is 0 Å². The van der Waals surface area contributed by atoms with Crippen LogP contribution in [0, 0.1) is 0 Å². The first-order chi connectivity index (χ1) is 10.6. The van der Waals surface area contributed by atoms with Crippen LogP contribution in [0.15, 0.2) is 24.3 Å². The smallest absolute Gasteiger partial charge is 0.340 e. The van der Waals surface area contributed by atoms with Gasteiger partial charge in [-0.15, -0.1) is 0 Å². The molecule has 2 amide bonds. The predicted molar refractivity (Wildman–Crippen MR) is 81.8 cm³/mol. The number of amides is 2. The SMILES string of the molecule is CCC(C)N(CCC(=O)Nc1cccc(C(F)(F)F)c1)C(C)=O. The molecule has 0 heterocycles. The Morgan fingerprint density at radius 3 is 2.48 bits per heavy atom. The maximum absolute atomic E-state index is 12.6. The van der Waals surface area contributed by atoms with Gasteiger partial charge in [-0.2, -0.15) is 13.2 Å². The number of hydrogen-bond donors (Lipinski definition) is 1. The minimum absolute atomic E-state index is 0.00820. The second-order valence-corrected chi connectivity index (χ2v) is 5.35. The Hall–Kier alpha value is -2.05. The molecule has 128 valence electrons. The third-order valence-electron chi connectivity index (χ3n) is 3.58. The van der Waals surface area contributed by atoms with Crippen molar-refractivity contribution in [1.29, 1.82) is 0 Å². The van der Waals surface area contributed by atoms with Crippen LogP contribution in [0.5, 0.6) is 0 Å². The highest BCUT2D eigenvalue weighted by molar-refractivity contribution is 5.91. The van der Waals surface area contributed by atoms with Gasteiger partial charge in [0.15, 0.2) is 0 Å². The van der Waals surface area contributed by atoms with Crippen LogP contribution in [0.4, 0.5) is 18.9 Å². The van der Waals surface area contributed by atoms with E-state index in [2.05, 4.69) is 5.32 Å². The van der Waals surface area contributed by atoms with E-state index in [1.165, 1.54) is 19.1 Å². The lowest BCUT2D eigenvalue weighted by Gasteiger charge is -2.27. The van der Waals surface area contributed by atoms with Crippen LogP contribution in [0.3, 0.4) is 0 Å². The van der Waals surface area contributed by atoms with Crippen molar-refractivity contribution in [3.8, 4) is 0 Å². The van der Waals surface area contributed by atoms with E-state index in [1.54, 1.807) is 4.90 Å². The van der Waals surface area contributed by atoms with Gasteiger partial charge < -0.3 is 10.2 Å². The molecule has 1 N–H and O–H groups in total. The fourth-order valence-corrected chi connectivity index (χ4v) is 2.13. The summed E-state index contributed by atoms with van der Waals surface area (Å²) < 4.78 is 37.9. The van der Waals surface area contributed by atoms with E-state index in [0.717, 1.165) is 18.6 Å². The van der Waals surface area contributed by atoms with E-state index >= 15 is 0 Å². The first-order valence-electron chi connectivity index (χ1n) is 7.39. The Balaban J connectivity index is 2.65. The highest BCUT2D eigenvalue weighted by Crippen LogP contribution is 2.30. The molecule has 4 nitrogen and oxygen atoms in total. The average molecular weight is 330 g/mol. The molecule has 0 saturated carbocycles. The summed E-state index contributed by atoms with van der Waals surface area (Å²) in [5.74, 6) is -0.565. The summed E-state index contributed by atoms with van der Waals surface area (Å²) in [7, 11) is 0. The van der Waals surface area contributed by atoms with Gasteiger partial charge in [0.25, 0.3) is 0 Å². The molecule has 0 fully saturated rings. The zero-order valence-corrected chi connectivity index (χ0v) is 13.4. The number of halogens is 3. The summed E-state index contributed by atoms with van der Waals surface area (Å²) in [6.45, 7) is 5.47.